The van der Waals surface area contributed by atoms with Crippen LogP contribution in [0.15, 0.2) is 54.7 Å². The Labute approximate surface area is 157 Å². The zero-order chi connectivity index (χ0) is 18.5. The van der Waals surface area contributed by atoms with Gasteiger partial charge in [0.1, 0.15) is 5.82 Å². The van der Waals surface area contributed by atoms with Crippen LogP contribution in [0.2, 0.25) is 0 Å². The fraction of sp³-hybridized carbons (Fsp3) is 0.250. The highest BCUT2D eigenvalue weighted by Gasteiger charge is 2.10. The maximum Gasteiger partial charge on any atom is 0.249 e. The summed E-state index contributed by atoms with van der Waals surface area (Å²) < 4.78 is 13.3. The van der Waals surface area contributed by atoms with Crippen LogP contribution in [0.4, 0.5) is 33.2 Å². The van der Waals surface area contributed by atoms with Crippen LogP contribution in [-0.2, 0) is 0 Å². The van der Waals surface area contributed by atoms with Gasteiger partial charge >= 0.3 is 0 Å². The maximum atomic E-state index is 13.3. The smallest absolute Gasteiger partial charge is 0.249 e. The molecule has 6 nitrogen and oxygen atoms in total. The van der Waals surface area contributed by atoms with Gasteiger partial charge in [-0.15, -0.1) is 5.10 Å². The molecule has 7 heteroatoms. The summed E-state index contributed by atoms with van der Waals surface area (Å²) >= 11 is 0. The van der Waals surface area contributed by atoms with Crippen molar-refractivity contribution in [1.29, 1.82) is 0 Å². The van der Waals surface area contributed by atoms with Gasteiger partial charge in [0.2, 0.25) is 5.95 Å². The van der Waals surface area contributed by atoms with Crippen molar-refractivity contribution < 1.29 is 4.39 Å². The molecule has 1 aromatic heterocycles. The third kappa shape index (κ3) is 4.49. The Morgan fingerprint density at radius 3 is 2.48 bits per heavy atom. The van der Waals surface area contributed by atoms with Crippen LogP contribution in [0.5, 0.6) is 0 Å². The number of benzene rings is 2. The van der Waals surface area contributed by atoms with E-state index in [4.69, 9.17) is 0 Å². The van der Waals surface area contributed by atoms with E-state index in [2.05, 4.69) is 42.8 Å². The normalized spacial score (nSPS) is 14.0. The topological polar surface area (TPSA) is 66.0 Å². The summed E-state index contributed by atoms with van der Waals surface area (Å²) in [4.78, 5) is 6.79. The first-order valence-electron chi connectivity index (χ1n) is 9.11. The number of anilines is 5. The molecule has 2 heterocycles. The standard InChI is InChI=1S/C20H21FN6/c21-15-5-4-6-17(13-15)23-19-14-22-26-20(25-19)24-16-7-9-18(10-8-16)27-11-2-1-3-12-27/h4-10,13-14H,1-3,11-12H2,(H2,23,24,25,26). The highest BCUT2D eigenvalue weighted by atomic mass is 19.1. The van der Waals surface area contributed by atoms with Crippen LogP contribution < -0.4 is 15.5 Å². The largest absolute Gasteiger partial charge is 0.372 e. The maximum absolute atomic E-state index is 13.3. The van der Waals surface area contributed by atoms with Crippen molar-refractivity contribution in [3.63, 3.8) is 0 Å². The van der Waals surface area contributed by atoms with Crippen molar-refractivity contribution in [2.45, 2.75) is 19.3 Å². The lowest BCUT2D eigenvalue weighted by Gasteiger charge is -2.28. The summed E-state index contributed by atoms with van der Waals surface area (Å²) in [6.45, 7) is 2.24. The van der Waals surface area contributed by atoms with Gasteiger partial charge in [-0.2, -0.15) is 10.1 Å². The second-order valence-electron chi connectivity index (χ2n) is 6.52. The first-order valence-corrected chi connectivity index (χ1v) is 9.11. The molecule has 0 radical (unpaired) electrons. The Kier molecular flexibility index (Phi) is 5.09. The summed E-state index contributed by atoms with van der Waals surface area (Å²) in [7, 11) is 0. The average Bonchev–Trinajstić information content (AvgIpc) is 2.70. The molecule has 3 aromatic rings. The summed E-state index contributed by atoms with van der Waals surface area (Å²) in [5.41, 5.74) is 2.73. The number of hydrogen-bond donors (Lipinski definition) is 2. The molecule has 1 saturated heterocycles. The molecule has 0 amide bonds. The van der Waals surface area contributed by atoms with Gasteiger partial charge in [-0.25, -0.2) is 4.39 Å². The van der Waals surface area contributed by atoms with Crippen LogP contribution in [-0.4, -0.2) is 28.3 Å². The molecule has 138 valence electrons. The van der Waals surface area contributed by atoms with Crippen LogP contribution in [0.3, 0.4) is 0 Å². The van der Waals surface area contributed by atoms with Gasteiger partial charge in [-0.3, -0.25) is 0 Å². The third-order valence-corrected chi connectivity index (χ3v) is 4.50. The Morgan fingerprint density at radius 2 is 1.70 bits per heavy atom. The zero-order valence-corrected chi connectivity index (χ0v) is 14.9. The van der Waals surface area contributed by atoms with Gasteiger partial charge in [0.15, 0.2) is 5.82 Å². The first kappa shape index (κ1) is 17.2. The number of piperidine rings is 1. The fourth-order valence-electron chi connectivity index (χ4n) is 3.17. The van der Waals surface area contributed by atoms with Crippen LogP contribution >= 0.6 is 0 Å². The van der Waals surface area contributed by atoms with Crippen molar-refractivity contribution in [2.24, 2.45) is 0 Å². The van der Waals surface area contributed by atoms with E-state index in [1.54, 1.807) is 12.1 Å². The molecule has 1 aliphatic heterocycles. The second-order valence-corrected chi connectivity index (χ2v) is 6.52. The van der Waals surface area contributed by atoms with Crippen molar-refractivity contribution in [1.82, 2.24) is 15.2 Å². The molecule has 27 heavy (non-hydrogen) atoms. The predicted octanol–water partition coefficient (Wildman–Crippen LogP) is 4.49. The fourth-order valence-corrected chi connectivity index (χ4v) is 3.17. The highest BCUT2D eigenvalue weighted by Crippen LogP contribution is 2.23. The van der Waals surface area contributed by atoms with Gasteiger partial charge in [0, 0.05) is 30.2 Å². The molecule has 0 unspecified atom stereocenters. The zero-order valence-electron chi connectivity index (χ0n) is 14.9. The van der Waals surface area contributed by atoms with E-state index in [0.717, 1.165) is 18.8 Å². The van der Waals surface area contributed by atoms with Crippen molar-refractivity contribution in [3.8, 4) is 0 Å². The van der Waals surface area contributed by atoms with Crippen molar-refractivity contribution >= 4 is 28.8 Å². The van der Waals surface area contributed by atoms with Crippen LogP contribution in [0, 0.1) is 5.82 Å². The lowest BCUT2D eigenvalue weighted by Crippen LogP contribution is -2.29. The summed E-state index contributed by atoms with van der Waals surface area (Å²) in [5.74, 6) is 0.555. The van der Waals surface area contributed by atoms with Gasteiger partial charge in [0.05, 0.1) is 6.20 Å². The molecule has 1 aliphatic rings. The molecule has 0 atom stereocenters. The van der Waals surface area contributed by atoms with Gasteiger partial charge in [-0.05, 0) is 61.7 Å². The average molecular weight is 364 g/mol. The summed E-state index contributed by atoms with van der Waals surface area (Å²) in [6.07, 6.45) is 5.32. The summed E-state index contributed by atoms with van der Waals surface area (Å²) in [6, 6.07) is 14.4. The number of halogens is 1. The van der Waals surface area contributed by atoms with E-state index in [1.807, 2.05) is 12.1 Å². The van der Waals surface area contributed by atoms with Gasteiger partial charge in [-0.1, -0.05) is 6.07 Å². The molecular weight excluding hydrogens is 343 g/mol. The monoisotopic (exact) mass is 364 g/mol. The molecule has 2 aromatic carbocycles. The predicted molar refractivity (Wildman–Crippen MR) is 105 cm³/mol. The lowest BCUT2D eigenvalue weighted by molar-refractivity contribution is 0.578. The molecule has 0 aliphatic carbocycles. The molecular formula is C20H21FN6. The van der Waals surface area contributed by atoms with E-state index in [9.17, 15) is 4.39 Å². The molecule has 0 saturated carbocycles. The van der Waals surface area contributed by atoms with Crippen molar-refractivity contribution in [3.05, 3.63) is 60.5 Å². The minimum Gasteiger partial charge on any atom is -0.372 e. The molecule has 1 fully saturated rings. The minimum atomic E-state index is -0.311. The van der Waals surface area contributed by atoms with Gasteiger partial charge in [0.25, 0.3) is 0 Å². The second kappa shape index (κ2) is 7.99. The Morgan fingerprint density at radius 1 is 0.889 bits per heavy atom. The molecule has 0 bridgehead atoms. The van der Waals surface area contributed by atoms with E-state index >= 15 is 0 Å². The Bertz CT molecular complexity index is 893. The van der Waals surface area contributed by atoms with E-state index in [0.29, 0.717) is 17.5 Å². The number of hydrogen-bond acceptors (Lipinski definition) is 6. The van der Waals surface area contributed by atoms with E-state index in [1.165, 1.54) is 43.3 Å². The quantitative estimate of drug-likeness (QED) is 0.695. The number of nitrogens with one attached hydrogen (secondary N) is 2. The summed E-state index contributed by atoms with van der Waals surface area (Å²) in [5, 5.41) is 14.1. The number of rotatable bonds is 5. The van der Waals surface area contributed by atoms with Crippen LogP contribution in [0.1, 0.15) is 19.3 Å². The molecule has 2 N–H and O–H groups in total. The van der Waals surface area contributed by atoms with Gasteiger partial charge < -0.3 is 15.5 Å². The highest BCUT2D eigenvalue weighted by molar-refractivity contribution is 5.61. The third-order valence-electron chi connectivity index (χ3n) is 4.50. The molecule has 0 spiro atoms. The SMILES string of the molecule is Fc1cccc(Nc2cnnc(Nc3ccc(N4CCCCC4)cc3)n2)c1. The minimum absolute atomic E-state index is 0.311. The Balaban J connectivity index is 1.43. The lowest BCUT2D eigenvalue weighted by atomic mass is 10.1. The van der Waals surface area contributed by atoms with E-state index < -0.39 is 0 Å². The van der Waals surface area contributed by atoms with Crippen LogP contribution in [0.25, 0.3) is 0 Å². The number of nitrogens with zero attached hydrogens (tertiary/aromatic N) is 4. The Hall–Kier alpha value is -3.22. The molecule has 4 rings (SSSR count). The first-order chi connectivity index (χ1) is 13.3. The number of aromatic nitrogens is 3. The van der Waals surface area contributed by atoms with Crippen molar-refractivity contribution in [2.75, 3.05) is 28.6 Å². The van der Waals surface area contributed by atoms with E-state index in [-0.39, 0.29) is 5.82 Å².